The Kier molecular flexibility index (Phi) is 2.97. The average Bonchev–Trinajstić information content (AvgIpc) is 3.17. The third kappa shape index (κ3) is 2.31. The lowest BCUT2D eigenvalue weighted by Gasteiger charge is -2.27. The highest BCUT2D eigenvalue weighted by Gasteiger charge is 2.29. The fraction of sp³-hybridized carbons (Fsp3) is 0.467. The van der Waals surface area contributed by atoms with Crippen molar-refractivity contribution in [3.8, 4) is 0 Å². The number of rotatable bonds is 3. The SMILES string of the molecule is O=c1[nH]c(C2CC2)nc2c1CCN(Cc1cccs1)C2. The van der Waals surface area contributed by atoms with Gasteiger partial charge < -0.3 is 4.98 Å². The number of thiophene rings is 1. The summed E-state index contributed by atoms with van der Waals surface area (Å²) in [5, 5.41) is 2.11. The van der Waals surface area contributed by atoms with Gasteiger partial charge in [0, 0.05) is 36.0 Å². The van der Waals surface area contributed by atoms with Gasteiger partial charge in [-0.15, -0.1) is 11.3 Å². The summed E-state index contributed by atoms with van der Waals surface area (Å²) in [6.07, 6.45) is 3.15. The molecule has 0 unspecified atom stereocenters. The van der Waals surface area contributed by atoms with Crippen LogP contribution in [-0.2, 0) is 19.5 Å². The molecule has 0 atom stereocenters. The first-order valence-corrected chi connectivity index (χ1v) is 8.04. The van der Waals surface area contributed by atoms with Gasteiger partial charge in [0.25, 0.3) is 5.56 Å². The lowest BCUT2D eigenvalue weighted by atomic mass is 10.1. The van der Waals surface area contributed by atoms with Gasteiger partial charge in [-0.25, -0.2) is 4.98 Å². The Hall–Kier alpha value is -1.46. The second-order valence-corrected chi connectivity index (χ2v) is 6.72. The van der Waals surface area contributed by atoms with Gasteiger partial charge >= 0.3 is 0 Å². The summed E-state index contributed by atoms with van der Waals surface area (Å²) in [7, 11) is 0. The fourth-order valence-corrected chi connectivity index (χ4v) is 3.57. The molecule has 0 amide bonds. The van der Waals surface area contributed by atoms with Crippen LogP contribution in [0.25, 0.3) is 0 Å². The van der Waals surface area contributed by atoms with E-state index in [1.165, 1.54) is 17.7 Å². The molecule has 1 aliphatic heterocycles. The van der Waals surface area contributed by atoms with Crippen LogP contribution in [0.4, 0.5) is 0 Å². The normalized spacial score (nSPS) is 19.0. The molecule has 5 heteroatoms. The van der Waals surface area contributed by atoms with E-state index in [1.807, 2.05) is 0 Å². The van der Waals surface area contributed by atoms with Crippen molar-refractivity contribution in [3.63, 3.8) is 0 Å². The molecule has 0 bridgehead atoms. The lowest BCUT2D eigenvalue weighted by Crippen LogP contribution is -2.35. The highest BCUT2D eigenvalue weighted by molar-refractivity contribution is 7.09. The summed E-state index contributed by atoms with van der Waals surface area (Å²) in [6.45, 7) is 2.71. The van der Waals surface area contributed by atoms with Gasteiger partial charge in [0.1, 0.15) is 5.82 Å². The first-order chi connectivity index (χ1) is 9.79. The van der Waals surface area contributed by atoms with Gasteiger partial charge in [0.15, 0.2) is 0 Å². The zero-order valence-corrected chi connectivity index (χ0v) is 12.1. The Morgan fingerprint density at radius 3 is 3.10 bits per heavy atom. The zero-order chi connectivity index (χ0) is 13.5. The van der Waals surface area contributed by atoms with E-state index >= 15 is 0 Å². The van der Waals surface area contributed by atoms with E-state index in [2.05, 4.69) is 27.4 Å². The van der Waals surface area contributed by atoms with E-state index in [0.717, 1.165) is 43.1 Å². The minimum Gasteiger partial charge on any atom is -0.310 e. The van der Waals surface area contributed by atoms with Crippen LogP contribution < -0.4 is 5.56 Å². The molecule has 3 heterocycles. The Morgan fingerprint density at radius 1 is 1.45 bits per heavy atom. The maximum Gasteiger partial charge on any atom is 0.254 e. The first-order valence-electron chi connectivity index (χ1n) is 7.16. The van der Waals surface area contributed by atoms with Crippen molar-refractivity contribution >= 4 is 11.3 Å². The third-order valence-corrected chi connectivity index (χ3v) is 4.96. The Balaban J connectivity index is 1.59. The van der Waals surface area contributed by atoms with E-state index in [9.17, 15) is 4.79 Å². The minimum atomic E-state index is 0.0904. The predicted molar refractivity (Wildman–Crippen MR) is 79.0 cm³/mol. The summed E-state index contributed by atoms with van der Waals surface area (Å²) in [5.74, 6) is 1.41. The number of aromatic amines is 1. The third-order valence-electron chi connectivity index (χ3n) is 4.09. The van der Waals surface area contributed by atoms with E-state index in [1.54, 1.807) is 11.3 Å². The van der Waals surface area contributed by atoms with Crippen molar-refractivity contribution in [1.29, 1.82) is 0 Å². The first kappa shape index (κ1) is 12.3. The van der Waals surface area contributed by atoms with Gasteiger partial charge in [-0.2, -0.15) is 0 Å². The minimum absolute atomic E-state index is 0.0904. The number of nitrogens with zero attached hydrogens (tertiary/aromatic N) is 2. The molecule has 1 saturated carbocycles. The fourth-order valence-electron chi connectivity index (χ4n) is 2.82. The Bertz CT molecular complexity index is 673. The van der Waals surface area contributed by atoms with Gasteiger partial charge in [0.05, 0.1) is 5.69 Å². The molecule has 0 saturated heterocycles. The molecule has 1 fully saturated rings. The number of hydrogen-bond acceptors (Lipinski definition) is 4. The molecule has 0 aromatic carbocycles. The van der Waals surface area contributed by atoms with Crippen molar-refractivity contribution in [3.05, 3.63) is 49.8 Å². The van der Waals surface area contributed by atoms with E-state index in [4.69, 9.17) is 4.98 Å². The summed E-state index contributed by atoms with van der Waals surface area (Å²) < 4.78 is 0. The molecule has 20 heavy (non-hydrogen) atoms. The molecule has 4 nitrogen and oxygen atoms in total. The molecular weight excluding hydrogens is 270 g/mol. The monoisotopic (exact) mass is 287 g/mol. The molecule has 1 N–H and O–H groups in total. The van der Waals surface area contributed by atoms with Crippen molar-refractivity contribution in [1.82, 2.24) is 14.9 Å². The van der Waals surface area contributed by atoms with Crippen LogP contribution in [0, 0.1) is 0 Å². The highest BCUT2D eigenvalue weighted by Crippen LogP contribution is 2.37. The van der Waals surface area contributed by atoms with Crippen LogP contribution in [0.3, 0.4) is 0 Å². The van der Waals surface area contributed by atoms with Crippen molar-refractivity contribution < 1.29 is 0 Å². The summed E-state index contributed by atoms with van der Waals surface area (Å²) in [5.41, 5.74) is 1.99. The Morgan fingerprint density at radius 2 is 2.35 bits per heavy atom. The van der Waals surface area contributed by atoms with Crippen LogP contribution in [-0.4, -0.2) is 21.4 Å². The summed E-state index contributed by atoms with van der Waals surface area (Å²) in [6, 6.07) is 4.26. The lowest BCUT2D eigenvalue weighted by molar-refractivity contribution is 0.242. The van der Waals surface area contributed by atoms with E-state index in [-0.39, 0.29) is 5.56 Å². The molecular formula is C15H17N3OS. The smallest absolute Gasteiger partial charge is 0.254 e. The molecule has 4 rings (SSSR count). The summed E-state index contributed by atoms with van der Waals surface area (Å²) >= 11 is 1.79. The topological polar surface area (TPSA) is 49.0 Å². The largest absolute Gasteiger partial charge is 0.310 e. The molecule has 2 aliphatic rings. The van der Waals surface area contributed by atoms with Gasteiger partial charge in [-0.05, 0) is 30.7 Å². The van der Waals surface area contributed by atoms with Crippen molar-refractivity contribution in [2.24, 2.45) is 0 Å². The standard InChI is InChI=1S/C15H17N3OS/c19-15-12-5-6-18(8-11-2-1-7-20-11)9-13(12)16-14(17-15)10-3-4-10/h1-2,7,10H,3-6,8-9H2,(H,16,17,19). The molecule has 0 spiro atoms. The van der Waals surface area contributed by atoms with Gasteiger partial charge in [-0.1, -0.05) is 6.07 Å². The zero-order valence-electron chi connectivity index (χ0n) is 11.3. The maximum absolute atomic E-state index is 12.1. The molecule has 0 radical (unpaired) electrons. The number of H-pyrrole nitrogens is 1. The average molecular weight is 287 g/mol. The Labute approximate surface area is 121 Å². The molecule has 2 aromatic heterocycles. The number of hydrogen-bond donors (Lipinski definition) is 1. The molecule has 104 valence electrons. The maximum atomic E-state index is 12.1. The van der Waals surface area contributed by atoms with Gasteiger partial charge in [-0.3, -0.25) is 9.69 Å². The van der Waals surface area contributed by atoms with Crippen LogP contribution >= 0.6 is 11.3 Å². The quantitative estimate of drug-likeness (QED) is 0.942. The van der Waals surface area contributed by atoms with Crippen LogP contribution in [0.1, 0.15) is 40.7 Å². The van der Waals surface area contributed by atoms with E-state index in [0.29, 0.717) is 5.92 Å². The van der Waals surface area contributed by atoms with Gasteiger partial charge in [0.2, 0.25) is 0 Å². The van der Waals surface area contributed by atoms with Crippen LogP contribution in [0.5, 0.6) is 0 Å². The van der Waals surface area contributed by atoms with E-state index < -0.39 is 0 Å². The van der Waals surface area contributed by atoms with Crippen LogP contribution in [0.15, 0.2) is 22.3 Å². The summed E-state index contributed by atoms with van der Waals surface area (Å²) in [4.78, 5) is 23.6. The predicted octanol–water partition coefficient (Wildman–Crippen LogP) is 2.27. The number of aromatic nitrogens is 2. The molecule has 2 aromatic rings. The molecule has 1 aliphatic carbocycles. The van der Waals surface area contributed by atoms with Crippen molar-refractivity contribution in [2.45, 2.75) is 38.3 Å². The number of fused-ring (bicyclic) bond motifs is 1. The highest BCUT2D eigenvalue weighted by atomic mass is 32.1. The second kappa shape index (κ2) is 4.82. The second-order valence-electron chi connectivity index (χ2n) is 5.69. The van der Waals surface area contributed by atoms with Crippen LogP contribution in [0.2, 0.25) is 0 Å². The van der Waals surface area contributed by atoms with Crippen molar-refractivity contribution in [2.75, 3.05) is 6.54 Å². The number of nitrogens with one attached hydrogen (secondary N) is 1.